The van der Waals surface area contributed by atoms with Crippen LogP contribution >= 0.6 is 0 Å². The van der Waals surface area contributed by atoms with Crippen molar-refractivity contribution in [3.63, 3.8) is 0 Å². The zero-order valence-electron chi connectivity index (χ0n) is 15.6. The number of para-hydroxylation sites is 1. The molecule has 0 radical (unpaired) electrons. The molecule has 1 heterocycles. The first-order chi connectivity index (χ1) is 13.0. The molecule has 1 aliphatic heterocycles. The fourth-order valence-electron chi connectivity index (χ4n) is 3.34. The van der Waals surface area contributed by atoms with E-state index in [0.29, 0.717) is 5.56 Å². The Morgan fingerprint density at radius 2 is 1.78 bits per heavy atom. The predicted molar refractivity (Wildman–Crippen MR) is 104 cm³/mol. The summed E-state index contributed by atoms with van der Waals surface area (Å²) in [6.07, 6.45) is 0. The van der Waals surface area contributed by atoms with E-state index in [0.717, 1.165) is 26.2 Å². The molecule has 0 spiro atoms. The first kappa shape index (κ1) is 18.9. The van der Waals surface area contributed by atoms with Gasteiger partial charge in [0.1, 0.15) is 11.3 Å². The largest absolute Gasteiger partial charge is 0.507 e. The van der Waals surface area contributed by atoms with Crippen LogP contribution in [0, 0.1) is 6.92 Å². The Morgan fingerprint density at radius 3 is 2.44 bits per heavy atom. The number of nitrogens with zero attached hydrogens (tertiary/aromatic N) is 2. The van der Waals surface area contributed by atoms with E-state index in [1.807, 2.05) is 12.1 Å². The minimum atomic E-state index is -0.658. The van der Waals surface area contributed by atoms with Gasteiger partial charge in [-0.25, -0.2) is 4.79 Å². The van der Waals surface area contributed by atoms with Crippen molar-refractivity contribution in [2.45, 2.75) is 6.92 Å². The molecule has 1 aliphatic rings. The number of carbonyl (C=O) groups excluding carboxylic acids is 2. The highest BCUT2D eigenvalue weighted by Gasteiger charge is 2.22. The van der Waals surface area contributed by atoms with Crippen LogP contribution in [0.3, 0.4) is 0 Å². The topological polar surface area (TPSA) is 70.1 Å². The molecule has 2 aromatic rings. The number of phenolic OH excluding ortho intramolecular Hbond substituents is 1. The maximum Gasteiger partial charge on any atom is 0.341 e. The maximum atomic E-state index is 12.6. The Labute approximate surface area is 159 Å². The molecule has 1 N–H and O–H groups in total. The van der Waals surface area contributed by atoms with Crippen LogP contribution in [0.5, 0.6) is 5.75 Å². The van der Waals surface area contributed by atoms with Gasteiger partial charge in [0.2, 0.25) is 0 Å². The van der Waals surface area contributed by atoms with Crippen molar-refractivity contribution in [2.75, 3.05) is 44.7 Å². The number of hydrogen-bond donors (Lipinski definition) is 1. The molecule has 0 atom stereocenters. The number of esters is 1. The van der Waals surface area contributed by atoms with Gasteiger partial charge in [0.15, 0.2) is 5.78 Å². The van der Waals surface area contributed by atoms with Gasteiger partial charge in [-0.3, -0.25) is 9.69 Å². The molecule has 3 rings (SSSR count). The normalized spacial score (nSPS) is 14.8. The number of Topliss-reactive ketones (excluding diaryl/α,β-unsaturated/α-hetero) is 1. The van der Waals surface area contributed by atoms with Gasteiger partial charge in [0.05, 0.1) is 13.7 Å². The molecule has 0 unspecified atom stereocenters. The molecule has 142 valence electrons. The quantitative estimate of drug-likeness (QED) is 0.646. The molecule has 1 saturated heterocycles. The number of hydrogen-bond acceptors (Lipinski definition) is 6. The van der Waals surface area contributed by atoms with E-state index in [1.54, 1.807) is 0 Å². The van der Waals surface area contributed by atoms with Crippen molar-refractivity contribution in [3.8, 4) is 5.75 Å². The average molecular weight is 368 g/mol. The van der Waals surface area contributed by atoms with Crippen LogP contribution in [0.1, 0.15) is 26.3 Å². The fourth-order valence-corrected chi connectivity index (χ4v) is 3.34. The molecule has 6 nitrogen and oxygen atoms in total. The van der Waals surface area contributed by atoms with E-state index in [9.17, 15) is 14.7 Å². The predicted octanol–water partition coefficient (Wildman–Crippen LogP) is 2.49. The molecule has 0 bridgehead atoms. The second-order valence-electron chi connectivity index (χ2n) is 6.70. The molecule has 2 aromatic carbocycles. The van der Waals surface area contributed by atoms with Crippen LogP contribution in [0.4, 0.5) is 5.69 Å². The van der Waals surface area contributed by atoms with Crippen LogP contribution in [-0.2, 0) is 4.74 Å². The summed E-state index contributed by atoms with van der Waals surface area (Å²) in [5.74, 6) is -0.927. The van der Waals surface area contributed by atoms with Gasteiger partial charge in [-0.05, 0) is 36.8 Å². The SMILES string of the molecule is COC(=O)c1cc(C(=O)CN2CCN(c3ccccc3C)CC2)ccc1O. The molecule has 1 fully saturated rings. The maximum absolute atomic E-state index is 12.6. The molecule has 27 heavy (non-hydrogen) atoms. The standard InChI is InChI=1S/C21H24N2O4/c1-15-5-3-4-6-18(15)23-11-9-22(10-12-23)14-20(25)16-7-8-19(24)17(13-16)21(26)27-2/h3-8,13,24H,9-12,14H2,1-2H3. The Kier molecular flexibility index (Phi) is 5.76. The number of phenols is 1. The minimum Gasteiger partial charge on any atom is -0.507 e. The number of methoxy groups -OCH3 is 1. The Morgan fingerprint density at radius 1 is 1.07 bits per heavy atom. The van der Waals surface area contributed by atoms with Crippen molar-refractivity contribution < 1.29 is 19.4 Å². The summed E-state index contributed by atoms with van der Waals surface area (Å²) in [5, 5.41) is 9.77. The third-order valence-corrected chi connectivity index (χ3v) is 4.92. The van der Waals surface area contributed by atoms with Gasteiger partial charge in [-0.15, -0.1) is 0 Å². The Balaban J connectivity index is 1.61. The summed E-state index contributed by atoms with van der Waals surface area (Å²) < 4.78 is 4.64. The molecular formula is C21H24N2O4. The van der Waals surface area contributed by atoms with E-state index in [-0.39, 0.29) is 23.6 Å². The van der Waals surface area contributed by atoms with Crippen LogP contribution in [0.25, 0.3) is 0 Å². The lowest BCUT2D eigenvalue weighted by Crippen LogP contribution is -2.48. The van der Waals surface area contributed by atoms with Gasteiger partial charge in [-0.1, -0.05) is 18.2 Å². The van der Waals surface area contributed by atoms with Crippen molar-refractivity contribution in [3.05, 3.63) is 59.2 Å². The zero-order chi connectivity index (χ0) is 19.4. The minimum absolute atomic E-state index is 0.00715. The molecule has 0 amide bonds. The molecule has 0 aliphatic carbocycles. The van der Waals surface area contributed by atoms with Gasteiger partial charge in [0, 0.05) is 37.4 Å². The number of ether oxygens (including phenoxy) is 1. The fraction of sp³-hybridized carbons (Fsp3) is 0.333. The second kappa shape index (κ2) is 8.22. The highest BCUT2D eigenvalue weighted by molar-refractivity contribution is 6.01. The lowest BCUT2D eigenvalue weighted by atomic mass is 10.1. The third kappa shape index (κ3) is 4.28. The number of ketones is 1. The molecule has 6 heteroatoms. The number of anilines is 1. The van der Waals surface area contributed by atoms with Gasteiger partial charge in [-0.2, -0.15) is 0 Å². The lowest BCUT2D eigenvalue weighted by Gasteiger charge is -2.36. The van der Waals surface area contributed by atoms with E-state index in [1.165, 1.54) is 36.6 Å². The summed E-state index contributed by atoms with van der Waals surface area (Å²) in [5.41, 5.74) is 2.90. The van der Waals surface area contributed by atoms with Crippen molar-refractivity contribution in [1.29, 1.82) is 0 Å². The van der Waals surface area contributed by atoms with Gasteiger partial charge < -0.3 is 14.7 Å². The number of aromatic hydroxyl groups is 1. The zero-order valence-corrected chi connectivity index (χ0v) is 15.6. The smallest absolute Gasteiger partial charge is 0.341 e. The van der Waals surface area contributed by atoms with Crippen LogP contribution in [-0.4, -0.2) is 61.6 Å². The summed E-state index contributed by atoms with van der Waals surface area (Å²) in [4.78, 5) is 28.7. The van der Waals surface area contributed by atoms with E-state index in [4.69, 9.17) is 0 Å². The van der Waals surface area contributed by atoms with Crippen LogP contribution in [0.15, 0.2) is 42.5 Å². The van der Waals surface area contributed by atoms with E-state index < -0.39 is 5.97 Å². The second-order valence-corrected chi connectivity index (χ2v) is 6.70. The average Bonchev–Trinajstić information content (AvgIpc) is 2.69. The first-order valence-corrected chi connectivity index (χ1v) is 8.97. The number of carbonyl (C=O) groups is 2. The molecular weight excluding hydrogens is 344 g/mol. The summed E-state index contributed by atoms with van der Waals surface area (Å²) in [6, 6.07) is 12.6. The number of aryl methyl sites for hydroxylation is 1. The Bertz CT molecular complexity index is 842. The van der Waals surface area contributed by atoms with Gasteiger partial charge in [0.25, 0.3) is 0 Å². The van der Waals surface area contributed by atoms with Crippen molar-refractivity contribution in [1.82, 2.24) is 4.90 Å². The Hall–Kier alpha value is -2.86. The summed E-state index contributed by atoms with van der Waals surface area (Å²) in [7, 11) is 1.24. The van der Waals surface area contributed by atoms with E-state index >= 15 is 0 Å². The highest BCUT2D eigenvalue weighted by atomic mass is 16.5. The van der Waals surface area contributed by atoms with Crippen molar-refractivity contribution in [2.24, 2.45) is 0 Å². The lowest BCUT2D eigenvalue weighted by molar-refractivity contribution is 0.0597. The van der Waals surface area contributed by atoms with Crippen molar-refractivity contribution >= 4 is 17.4 Å². The summed E-state index contributed by atoms with van der Waals surface area (Å²) in [6.45, 7) is 5.70. The highest BCUT2D eigenvalue weighted by Crippen LogP contribution is 2.22. The van der Waals surface area contributed by atoms with Crippen LogP contribution in [0.2, 0.25) is 0 Å². The number of piperazine rings is 1. The third-order valence-electron chi connectivity index (χ3n) is 4.92. The monoisotopic (exact) mass is 368 g/mol. The molecule has 0 saturated carbocycles. The number of benzene rings is 2. The van der Waals surface area contributed by atoms with Gasteiger partial charge >= 0.3 is 5.97 Å². The van der Waals surface area contributed by atoms with Crippen LogP contribution < -0.4 is 4.90 Å². The summed E-state index contributed by atoms with van der Waals surface area (Å²) >= 11 is 0. The van der Waals surface area contributed by atoms with E-state index in [2.05, 4.69) is 33.6 Å². The molecule has 0 aromatic heterocycles. The number of rotatable bonds is 5. The first-order valence-electron chi connectivity index (χ1n) is 8.97.